The molecule has 37 heavy (non-hydrogen) atoms. The first-order valence-electron chi connectivity index (χ1n) is 13.2. The zero-order valence-electron chi connectivity index (χ0n) is 22.3. The Morgan fingerprint density at radius 1 is 0.703 bits per heavy atom. The number of nitrogens with one attached hydrogen (secondary N) is 2. The van der Waals surface area contributed by atoms with Gasteiger partial charge in [0, 0.05) is 32.3 Å². The molecule has 0 bridgehead atoms. The molecule has 1 rings (SSSR count). The van der Waals surface area contributed by atoms with Crippen LogP contribution >= 0.6 is 0 Å². The highest BCUT2D eigenvalue weighted by molar-refractivity contribution is 5.89. The van der Waals surface area contributed by atoms with E-state index in [4.69, 9.17) is 14.2 Å². The van der Waals surface area contributed by atoms with Crippen LogP contribution in [0.5, 0.6) is 0 Å². The minimum absolute atomic E-state index is 0.0781. The van der Waals surface area contributed by atoms with Gasteiger partial charge in [0.05, 0.1) is 0 Å². The number of ether oxygens (including phenoxy) is 3. The van der Waals surface area contributed by atoms with Gasteiger partial charge in [-0.1, -0.05) is 45.4 Å². The molecular weight excluding hydrogens is 499 g/mol. The number of anilines is 1. The number of unbranched alkanes of at least 4 members (excludes halogenated alkanes) is 5. The van der Waals surface area contributed by atoms with Crippen LogP contribution in [0.1, 0.15) is 85.5 Å². The average molecular weight is 541 g/mol. The summed E-state index contributed by atoms with van der Waals surface area (Å²) in [4.78, 5) is 12.1. The summed E-state index contributed by atoms with van der Waals surface area (Å²) in [7, 11) is 0. The molecule has 0 saturated carbocycles. The van der Waals surface area contributed by atoms with E-state index in [1.54, 1.807) is 5.32 Å². The van der Waals surface area contributed by atoms with Crippen LogP contribution in [0.3, 0.4) is 0 Å². The maximum absolute atomic E-state index is 13.8. The molecule has 0 aliphatic heterocycles. The molecule has 1 aromatic rings. The first-order chi connectivity index (χ1) is 17.7. The summed E-state index contributed by atoms with van der Waals surface area (Å²) in [6.45, 7) is 8.89. The highest BCUT2D eigenvalue weighted by atomic mass is 19.2. The molecule has 6 nitrogen and oxygen atoms in total. The molecule has 1 unspecified atom stereocenters. The summed E-state index contributed by atoms with van der Waals surface area (Å²) in [5, 5.41) is 4.09. The Morgan fingerprint density at radius 3 is 1.68 bits per heavy atom. The topological polar surface area (TPSA) is 68.8 Å². The van der Waals surface area contributed by atoms with Crippen molar-refractivity contribution in [2.75, 3.05) is 31.7 Å². The molecule has 1 aromatic carbocycles. The van der Waals surface area contributed by atoms with Gasteiger partial charge >= 0.3 is 6.03 Å². The second-order valence-electron chi connectivity index (χ2n) is 8.62. The summed E-state index contributed by atoms with van der Waals surface area (Å²) in [6, 6.07) is -1.10. The van der Waals surface area contributed by atoms with Gasteiger partial charge in [0.1, 0.15) is 5.69 Å². The maximum atomic E-state index is 13.8. The van der Waals surface area contributed by atoms with Crippen molar-refractivity contribution in [2.45, 2.75) is 91.5 Å². The van der Waals surface area contributed by atoms with Gasteiger partial charge in [-0.25, -0.2) is 26.7 Å². The fourth-order valence-corrected chi connectivity index (χ4v) is 4.17. The van der Waals surface area contributed by atoms with Crippen molar-refractivity contribution in [3.8, 4) is 0 Å². The molecule has 214 valence electrons. The molecule has 0 aliphatic carbocycles. The minimum Gasteiger partial charge on any atom is -0.338 e. The fourth-order valence-electron chi connectivity index (χ4n) is 4.17. The molecule has 0 saturated heterocycles. The van der Waals surface area contributed by atoms with Gasteiger partial charge in [0.25, 0.3) is 5.97 Å². The fraction of sp³-hybridized carbons (Fsp3) is 0.731. The highest BCUT2D eigenvalue weighted by Gasteiger charge is 2.41. The van der Waals surface area contributed by atoms with Gasteiger partial charge in [-0.2, -0.15) is 0 Å². The zero-order chi connectivity index (χ0) is 27.8. The van der Waals surface area contributed by atoms with E-state index in [9.17, 15) is 26.7 Å². The molecule has 0 aromatic heterocycles. The predicted molar refractivity (Wildman–Crippen MR) is 132 cm³/mol. The maximum Gasteiger partial charge on any atom is 0.319 e. The van der Waals surface area contributed by atoms with Crippen molar-refractivity contribution >= 4 is 11.7 Å². The summed E-state index contributed by atoms with van der Waals surface area (Å²) < 4.78 is 85.4. The lowest BCUT2D eigenvalue weighted by molar-refractivity contribution is -0.403. The average Bonchev–Trinajstić information content (AvgIpc) is 2.87. The second kappa shape index (κ2) is 17.5. The number of benzene rings is 1. The number of amides is 2. The number of hydrogen-bond acceptors (Lipinski definition) is 4. The summed E-state index contributed by atoms with van der Waals surface area (Å²) in [6.07, 6.45) is 8.40. The molecule has 0 fully saturated rings. The van der Waals surface area contributed by atoms with Gasteiger partial charge in [-0.3, -0.25) is 0 Å². The Balaban J connectivity index is 2.80. The van der Waals surface area contributed by atoms with Crippen molar-refractivity contribution in [2.24, 2.45) is 5.92 Å². The Morgan fingerprint density at radius 2 is 1.16 bits per heavy atom. The molecule has 0 spiro atoms. The second-order valence-corrected chi connectivity index (χ2v) is 8.62. The van der Waals surface area contributed by atoms with Crippen LogP contribution in [-0.4, -0.2) is 38.4 Å². The van der Waals surface area contributed by atoms with Crippen LogP contribution in [0.4, 0.5) is 32.4 Å². The third-order valence-corrected chi connectivity index (χ3v) is 5.91. The molecule has 2 amide bonds. The van der Waals surface area contributed by atoms with Gasteiger partial charge in [0.2, 0.25) is 5.82 Å². The monoisotopic (exact) mass is 540 g/mol. The van der Waals surface area contributed by atoms with Crippen molar-refractivity contribution in [3.63, 3.8) is 0 Å². The molecule has 2 N–H and O–H groups in total. The standard InChI is InChI=1S/C26H41F5N2O4/c1-5-9-10-11-12-13-15-18(26(35-6-2,36-7-3)37-8-4)16-14-17-32-25(34)33-24-22(30)20(28)19(27)21(29)23(24)31/h18H,5-17H2,1-4H3,(H2,32,33,34). The molecule has 0 heterocycles. The number of carbonyl (C=O) groups excluding carboxylic acids is 1. The van der Waals surface area contributed by atoms with E-state index >= 15 is 0 Å². The van der Waals surface area contributed by atoms with E-state index < -0.39 is 46.8 Å². The SMILES string of the molecule is CCCCCCCCC(CCCNC(=O)Nc1c(F)c(F)c(F)c(F)c1F)C(OCC)(OCC)OCC. The van der Waals surface area contributed by atoms with Crippen molar-refractivity contribution in [1.82, 2.24) is 5.32 Å². The first-order valence-corrected chi connectivity index (χ1v) is 13.2. The number of urea groups is 1. The van der Waals surface area contributed by atoms with Crippen LogP contribution in [0.25, 0.3) is 0 Å². The minimum atomic E-state index is -2.29. The molecule has 11 heteroatoms. The van der Waals surface area contributed by atoms with Gasteiger partial charge in [-0.15, -0.1) is 0 Å². The Bertz CT molecular complexity index is 783. The van der Waals surface area contributed by atoms with Crippen molar-refractivity contribution < 1.29 is 41.0 Å². The molecular formula is C26H41F5N2O4. The first kappa shape index (κ1) is 33.0. The quantitative estimate of drug-likeness (QED) is 0.0630. The van der Waals surface area contributed by atoms with Crippen molar-refractivity contribution in [1.29, 1.82) is 0 Å². The van der Waals surface area contributed by atoms with Crippen LogP contribution in [0, 0.1) is 35.0 Å². The third kappa shape index (κ3) is 10.0. The highest BCUT2D eigenvalue weighted by Crippen LogP contribution is 2.34. The van der Waals surface area contributed by atoms with E-state index in [0.717, 1.165) is 32.1 Å². The lowest BCUT2D eigenvalue weighted by atomic mass is 9.92. The number of hydrogen-bond donors (Lipinski definition) is 2. The van der Waals surface area contributed by atoms with E-state index in [0.29, 0.717) is 32.7 Å². The van der Waals surface area contributed by atoms with Gasteiger partial charge in [0.15, 0.2) is 23.3 Å². The lowest BCUT2D eigenvalue weighted by Crippen LogP contribution is -2.47. The van der Waals surface area contributed by atoms with E-state index in [1.165, 1.54) is 12.8 Å². The van der Waals surface area contributed by atoms with E-state index in [2.05, 4.69) is 12.2 Å². The Labute approximate surface area is 216 Å². The predicted octanol–water partition coefficient (Wildman–Crippen LogP) is 7.41. The molecule has 1 atom stereocenters. The third-order valence-electron chi connectivity index (χ3n) is 5.91. The summed E-state index contributed by atoms with van der Waals surface area (Å²) >= 11 is 0. The molecule has 0 radical (unpaired) electrons. The molecule has 0 aliphatic rings. The Hall–Kier alpha value is -1.98. The van der Waals surface area contributed by atoms with Crippen LogP contribution in [0.2, 0.25) is 0 Å². The van der Waals surface area contributed by atoms with E-state index in [-0.39, 0.29) is 12.5 Å². The number of rotatable bonds is 19. The van der Waals surface area contributed by atoms with Crippen LogP contribution < -0.4 is 10.6 Å². The number of carbonyl (C=O) groups is 1. The van der Waals surface area contributed by atoms with E-state index in [1.807, 2.05) is 20.8 Å². The lowest BCUT2D eigenvalue weighted by Gasteiger charge is -2.39. The largest absolute Gasteiger partial charge is 0.338 e. The summed E-state index contributed by atoms with van der Waals surface area (Å²) in [5.41, 5.74) is -1.40. The van der Waals surface area contributed by atoms with Gasteiger partial charge in [-0.05, 0) is 40.0 Å². The van der Waals surface area contributed by atoms with Gasteiger partial charge < -0.3 is 24.8 Å². The summed E-state index contributed by atoms with van der Waals surface area (Å²) in [5.74, 6) is -12.2. The normalized spacial score (nSPS) is 12.6. The van der Waals surface area contributed by atoms with Crippen LogP contribution in [0.15, 0.2) is 0 Å². The Kier molecular flexibility index (Phi) is 15.6. The smallest absolute Gasteiger partial charge is 0.319 e. The van der Waals surface area contributed by atoms with Crippen molar-refractivity contribution in [3.05, 3.63) is 29.1 Å². The zero-order valence-corrected chi connectivity index (χ0v) is 22.3. The number of halogens is 5. The van der Waals surface area contributed by atoms with Crippen LogP contribution in [-0.2, 0) is 14.2 Å².